The molecular formula is C21H28O5. The molecule has 0 amide bonds. The largest absolute Gasteiger partial charge is 0.497 e. The molecule has 0 spiro atoms. The number of allylic oxidation sites excluding steroid dienone is 2. The van der Waals surface area contributed by atoms with E-state index in [-0.39, 0.29) is 19.1 Å². The molecule has 5 heteroatoms. The van der Waals surface area contributed by atoms with Crippen LogP contribution in [0, 0.1) is 11.3 Å². The van der Waals surface area contributed by atoms with Crippen molar-refractivity contribution in [1.29, 1.82) is 0 Å². The summed E-state index contributed by atoms with van der Waals surface area (Å²) in [6, 6.07) is 7.79. The molecule has 1 atom stereocenters. The Morgan fingerprint density at radius 1 is 1.08 bits per heavy atom. The maximum Gasteiger partial charge on any atom is 0.323 e. The van der Waals surface area contributed by atoms with Gasteiger partial charge in [-0.1, -0.05) is 24.6 Å². The van der Waals surface area contributed by atoms with Gasteiger partial charge in [-0.25, -0.2) is 0 Å². The molecule has 0 bridgehead atoms. The molecule has 1 fully saturated rings. The third-order valence-electron chi connectivity index (χ3n) is 5.08. The highest BCUT2D eigenvalue weighted by Gasteiger charge is 2.55. The van der Waals surface area contributed by atoms with E-state index in [1.807, 2.05) is 38.1 Å². The topological polar surface area (TPSA) is 61.8 Å². The molecule has 1 aromatic carbocycles. The van der Waals surface area contributed by atoms with E-state index in [1.54, 1.807) is 21.0 Å². The van der Waals surface area contributed by atoms with E-state index < -0.39 is 17.4 Å². The van der Waals surface area contributed by atoms with Crippen LogP contribution in [0.2, 0.25) is 0 Å². The van der Waals surface area contributed by atoms with Crippen LogP contribution in [0.3, 0.4) is 0 Å². The lowest BCUT2D eigenvalue weighted by Crippen LogP contribution is -2.40. The van der Waals surface area contributed by atoms with E-state index in [4.69, 9.17) is 14.2 Å². The maximum atomic E-state index is 12.7. The van der Waals surface area contributed by atoms with Crippen LogP contribution in [0.1, 0.15) is 46.1 Å². The van der Waals surface area contributed by atoms with Crippen molar-refractivity contribution in [3.05, 3.63) is 35.4 Å². The molecule has 1 aromatic rings. The van der Waals surface area contributed by atoms with Gasteiger partial charge in [0.15, 0.2) is 5.41 Å². The third-order valence-corrected chi connectivity index (χ3v) is 5.08. The Morgan fingerprint density at radius 3 is 2.08 bits per heavy atom. The van der Waals surface area contributed by atoms with E-state index in [0.29, 0.717) is 12.8 Å². The van der Waals surface area contributed by atoms with Crippen LogP contribution < -0.4 is 4.74 Å². The zero-order chi connectivity index (χ0) is 19.3. The number of benzene rings is 1. The van der Waals surface area contributed by atoms with Crippen LogP contribution in [-0.4, -0.2) is 32.3 Å². The Balaban J connectivity index is 2.41. The van der Waals surface area contributed by atoms with Gasteiger partial charge in [-0.05, 0) is 62.8 Å². The fourth-order valence-corrected chi connectivity index (χ4v) is 3.68. The molecule has 26 heavy (non-hydrogen) atoms. The number of ether oxygens (including phenoxy) is 3. The minimum atomic E-state index is -1.24. The second-order valence-corrected chi connectivity index (χ2v) is 6.68. The molecule has 0 aliphatic heterocycles. The lowest BCUT2D eigenvalue weighted by molar-refractivity contribution is -0.171. The molecule has 1 unspecified atom stereocenters. The zero-order valence-electron chi connectivity index (χ0n) is 16.3. The van der Waals surface area contributed by atoms with Crippen molar-refractivity contribution in [3.63, 3.8) is 0 Å². The quantitative estimate of drug-likeness (QED) is 0.566. The summed E-state index contributed by atoms with van der Waals surface area (Å²) in [6.07, 6.45) is 0.747. The summed E-state index contributed by atoms with van der Waals surface area (Å²) >= 11 is 0. The van der Waals surface area contributed by atoms with Gasteiger partial charge in [0, 0.05) is 0 Å². The van der Waals surface area contributed by atoms with Gasteiger partial charge >= 0.3 is 11.9 Å². The molecule has 0 aromatic heterocycles. The van der Waals surface area contributed by atoms with Crippen LogP contribution in [0.4, 0.5) is 0 Å². The summed E-state index contributed by atoms with van der Waals surface area (Å²) in [5.74, 6) is -0.0880. The number of hydrogen-bond acceptors (Lipinski definition) is 5. The van der Waals surface area contributed by atoms with Crippen molar-refractivity contribution in [1.82, 2.24) is 0 Å². The molecule has 1 aliphatic rings. The van der Waals surface area contributed by atoms with Crippen molar-refractivity contribution in [2.75, 3.05) is 20.3 Å². The molecule has 0 saturated heterocycles. The number of rotatable bonds is 6. The maximum absolute atomic E-state index is 12.7. The first kappa shape index (κ1) is 20.0. The predicted octanol–water partition coefficient (Wildman–Crippen LogP) is 4.01. The normalized spacial score (nSPS) is 20.4. The molecule has 1 saturated carbocycles. The van der Waals surface area contributed by atoms with Crippen molar-refractivity contribution in [3.8, 4) is 5.75 Å². The molecule has 142 valence electrons. The van der Waals surface area contributed by atoms with Crippen LogP contribution in [0.25, 0.3) is 5.57 Å². The van der Waals surface area contributed by atoms with Gasteiger partial charge in [0.25, 0.3) is 0 Å². The van der Waals surface area contributed by atoms with Crippen LogP contribution in [0.15, 0.2) is 29.8 Å². The van der Waals surface area contributed by atoms with Gasteiger partial charge in [0.1, 0.15) is 5.75 Å². The molecule has 0 N–H and O–H groups in total. The fourth-order valence-electron chi connectivity index (χ4n) is 3.68. The second-order valence-electron chi connectivity index (χ2n) is 6.68. The Labute approximate surface area is 155 Å². The first-order chi connectivity index (χ1) is 12.4. The predicted molar refractivity (Wildman–Crippen MR) is 99.7 cm³/mol. The Bertz CT molecular complexity index is 669. The number of carbonyl (C=O) groups is 2. The van der Waals surface area contributed by atoms with Gasteiger partial charge in [-0.2, -0.15) is 0 Å². The summed E-state index contributed by atoms with van der Waals surface area (Å²) in [5.41, 5.74) is 1.98. The minimum absolute atomic E-state index is 0.0888. The third kappa shape index (κ3) is 3.76. The van der Waals surface area contributed by atoms with Crippen LogP contribution >= 0.6 is 0 Å². The minimum Gasteiger partial charge on any atom is -0.497 e. The molecule has 2 rings (SSSR count). The van der Waals surface area contributed by atoms with Crippen LogP contribution in [0.5, 0.6) is 5.75 Å². The van der Waals surface area contributed by atoms with E-state index in [0.717, 1.165) is 22.5 Å². The number of methoxy groups -OCH3 is 1. The number of esters is 2. The highest BCUT2D eigenvalue weighted by atomic mass is 16.6. The first-order valence-corrected chi connectivity index (χ1v) is 9.08. The molecular weight excluding hydrogens is 332 g/mol. The van der Waals surface area contributed by atoms with Crippen LogP contribution in [-0.2, 0) is 19.1 Å². The smallest absolute Gasteiger partial charge is 0.323 e. The van der Waals surface area contributed by atoms with E-state index >= 15 is 0 Å². The van der Waals surface area contributed by atoms with Gasteiger partial charge in [0.2, 0.25) is 0 Å². The van der Waals surface area contributed by atoms with Crippen molar-refractivity contribution in [2.45, 2.75) is 40.5 Å². The van der Waals surface area contributed by atoms with Gasteiger partial charge in [0.05, 0.1) is 20.3 Å². The molecule has 1 aliphatic carbocycles. The lowest BCUT2D eigenvalue weighted by atomic mass is 9.85. The number of carbonyl (C=O) groups excluding carboxylic acids is 2. The van der Waals surface area contributed by atoms with E-state index in [9.17, 15) is 9.59 Å². The van der Waals surface area contributed by atoms with E-state index in [2.05, 4.69) is 0 Å². The Morgan fingerprint density at radius 2 is 1.62 bits per heavy atom. The summed E-state index contributed by atoms with van der Waals surface area (Å²) in [4.78, 5) is 25.3. The Kier molecular flexibility index (Phi) is 6.46. The lowest BCUT2D eigenvalue weighted by Gasteiger charge is -2.24. The summed E-state index contributed by atoms with van der Waals surface area (Å²) in [5, 5.41) is 0. The van der Waals surface area contributed by atoms with Gasteiger partial charge in [-0.15, -0.1) is 0 Å². The van der Waals surface area contributed by atoms with E-state index in [1.165, 1.54) is 0 Å². The summed E-state index contributed by atoms with van der Waals surface area (Å²) in [6.45, 7) is 8.04. The highest BCUT2D eigenvalue weighted by Crippen LogP contribution is 2.49. The van der Waals surface area contributed by atoms with Gasteiger partial charge in [-0.3, -0.25) is 9.59 Å². The van der Waals surface area contributed by atoms with Crippen molar-refractivity contribution >= 4 is 17.5 Å². The highest BCUT2D eigenvalue weighted by molar-refractivity contribution is 6.01. The number of hydrogen-bond donors (Lipinski definition) is 0. The monoisotopic (exact) mass is 360 g/mol. The summed E-state index contributed by atoms with van der Waals surface area (Å²) < 4.78 is 15.7. The second kappa shape index (κ2) is 8.39. The average Bonchev–Trinajstić information content (AvgIpc) is 3.00. The summed E-state index contributed by atoms with van der Waals surface area (Å²) in [7, 11) is 1.63. The standard InChI is InChI=1S/C21H28O5/c1-6-25-19(22)21(20(23)26-7-2)12-14(3)18(13-21)15(4)16-8-10-17(24-5)11-9-16/h8-11,14H,6-7,12-13H2,1-5H3/b18-15-. The van der Waals surface area contributed by atoms with Crippen molar-refractivity contribution in [2.24, 2.45) is 11.3 Å². The molecule has 0 radical (unpaired) electrons. The molecule has 0 heterocycles. The fraction of sp³-hybridized carbons (Fsp3) is 0.524. The SMILES string of the molecule is CCOC(=O)C1(C(=O)OCC)C/C(=C(\C)c2ccc(OC)cc2)C(C)C1. The van der Waals surface area contributed by atoms with Crippen molar-refractivity contribution < 1.29 is 23.8 Å². The first-order valence-electron chi connectivity index (χ1n) is 9.08. The molecule has 5 nitrogen and oxygen atoms in total. The zero-order valence-corrected chi connectivity index (χ0v) is 16.3. The Hall–Kier alpha value is -2.30. The van der Waals surface area contributed by atoms with Gasteiger partial charge < -0.3 is 14.2 Å². The average molecular weight is 360 g/mol.